The highest BCUT2D eigenvalue weighted by Gasteiger charge is 2.23. The third kappa shape index (κ3) is 2.62. The van der Waals surface area contributed by atoms with Gasteiger partial charge in [0.2, 0.25) is 0 Å². The van der Waals surface area contributed by atoms with Gasteiger partial charge in [0.1, 0.15) is 6.17 Å². The lowest BCUT2D eigenvalue weighted by molar-refractivity contribution is 0.101. The molecule has 1 N–H and O–H groups in total. The van der Waals surface area contributed by atoms with Gasteiger partial charge in [-0.2, -0.15) is 0 Å². The average molecular weight is 272 g/mol. The first-order valence-corrected chi connectivity index (χ1v) is 6.36. The predicted molar refractivity (Wildman–Crippen MR) is 66.8 cm³/mol. The molecule has 0 spiro atoms. The molecule has 84 valence electrons. The Morgan fingerprint density at radius 3 is 2.87 bits per heavy atom. The van der Waals surface area contributed by atoms with Gasteiger partial charge in [0.15, 0.2) is 0 Å². The zero-order valence-corrected chi connectivity index (χ0v) is 10.7. The van der Waals surface area contributed by atoms with Gasteiger partial charge in [-0.25, -0.2) is 0 Å². The fraction of sp³-hybridized carbons (Fsp3) is 0.636. The summed E-state index contributed by atoms with van der Waals surface area (Å²) in [6.07, 6.45) is 7.06. The highest BCUT2D eigenvalue weighted by molar-refractivity contribution is 9.11. The summed E-state index contributed by atoms with van der Waals surface area (Å²) in [4.78, 5) is 4.89. The molecule has 4 heteroatoms. The van der Waals surface area contributed by atoms with Crippen LogP contribution in [0.4, 0.5) is 0 Å². The van der Waals surface area contributed by atoms with Crippen LogP contribution >= 0.6 is 15.9 Å². The molecule has 0 bridgehead atoms. The SMILES string of the molecule is CCN1C=C(Br)C=CC1N1CCNCC1. The van der Waals surface area contributed by atoms with Gasteiger partial charge in [0.25, 0.3) is 0 Å². The van der Waals surface area contributed by atoms with Crippen LogP contribution in [-0.2, 0) is 0 Å². The standard InChI is InChI=1S/C11H18BrN3/c1-2-14-9-10(12)3-4-11(14)15-7-5-13-6-8-15/h3-4,9,11,13H,2,5-8H2,1H3. The van der Waals surface area contributed by atoms with E-state index >= 15 is 0 Å². The van der Waals surface area contributed by atoms with Crippen LogP contribution in [0.25, 0.3) is 0 Å². The average Bonchev–Trinajstić information content (AvgIpc) is 2.30. The Hall–Kier alpha value is -0.320. The van der Waals surface area contributed by atoms with E-state index in [1.165, 1.54) is 0 Å². The number of likely N-dealkylation sites (N-methyl/N-ethyl adjacent to an activating group) is 1. The van der Waals surface area contributed by atoms with Gasteiger partial charge < -0.3 is 10.2 Å². The van der Waals surface area contributed by atoms with E-state index < -0.39 is 0 Å². The molecule has 1 fully saturated rings. The lowest BCUT2D eigenvalue weighted by atomic mass is 10.2. The van der Waals surface area contributed by atoms with Crippen molar-refractivity contribution in [3.05, 3.63) is 22.8 Å². The van der Waals surface area contributed by atoms with Crippen LogP contribution < -0.4 is 5.32 Å². The van der Waals surface area contributed by atoms with Gasteiger partial charge >= 0.3 is 0 Å². The number of rotatable bonds is 2. The second-order valence-corrected chi connectivity index (χ2v) is 4.82. The van der Waals surface area contributed by atoms with E-state index in [1.54, 1.807) is 0 Å². The molecule has 3 nitrogen and oxygen atoms in total. The van der Waals surface area contributed by atoms with Crippen molar-refractivity contribution in [3.8, 4) is 0 Å². The number of nitrogens with zero attached hydrogens (tertiary/aromatic N) is 2. The molecule has 0 aromatic carbocycles. The summed E-state index contributed by atoms with van der Waals surface area (Å²) in [5.41, 5.74) is 0. The van der Waals surface area contributed by atoms with Crippen LogP contribution in [0.15, 0.2) is 22.8 Å². The molecule has 0 aromatic heterocycles. The molecule has 0 saturated carbocycles. The topological polar surface area (TPSA) is 18.5 Å². The molecule has 0 radical (unpaired) electrons. The van der Waals surface area contributed by atoms with E-state index in [4.69, 9.17) is 0 Å². The minimum Gasteiger partial charge on any atom is -0.358 e. The number of hydrogen-bond donors (Lipinski definition) is 1. The monoisotopic (exact) mass is 271 g/mol. The Bertz CT molecular complexity index is 269. The van der Waals surface area contributed by atoms with Crippen molar-refractivity contribution in [2.24, 2.45) is 0 Å². The molecule has 2 aliphatic rings. The number of halogens is 1. The molecule has 1 unspecified atom stereocenters. The summed E-state index contributed by atoms with van der Waals surface area (Å²) < 4.78 is 1.16. The number of piperazine rings is 1. The van der Waals surface area contributed by atoms with Gasteiger partial charge in [-0.15, -0.1) is 0 Å². The van der Waals surface area contributed by atoms with Crippen molar-refractivity contribution in [1.29, 1.82) is 0 Å². The van der Waals surface area contributed by atoms with Crippen molar-refractivity contribution in [2.75, 3.05) is 32.7 Å². The van der Waals surface area contributed by atoms with Gasteiger partial charge in [-0.1, -0.05) is 0 Å². The van der Waals surface area contributed by atoms with E-state index in [-0.39, 0.29) is 0 Å². The summed E-state index contributed by atoms with van der Waals surface area (Å²) in [5, 5.41) is 3.39. The minimum atomic E-state index is 0.443. The van der Waals surface area contributed by atoms with Crippen molar-refractivity contribution in [2.45, 2.75) is 13.1 Å². The first kappa shape index (κ1) is 11.2. The molecule has 0 aromatic rings. The Balaban J connectivity index is 2.04. The van der Waals surface area contributed by atoms with E-state index in [0.29, 0.717) is 6.17 Å². The van der Waals surface area contributed by atoms with E-state index in [1.807, 2.05) is 0 Å². The molecule has 0 amide bonds. The summed E-state index contributed by atoms with van der Waals surface area (Å²) >= 11 is 3.52. The Morgan fingerprint density at radius 2 is 2.20 bits per heavy atom. The van der Waals surface area contributed by atoms with Crippen LogP contribution in [-0.4, -0.2) is 48.7 Å². The van der Waals surface area contributed by atoms with Crippen LogP contribution in [0, 0.1) is 0 Å². The number of allylic oxidation sites excluding steroid dienone is 2. The van der Waals surface area contributed by atoms with Crippen LogP contribution in [0.2, 0.25) is 0 Å². The third-order valence-corrected chi connectivity index (χ3v) is 3.42. The highest BCUT2D eigenvalue weighted by atomic mass is 79.9. The molecular formula is C11H18BrN3. The highest BCUT2D eigenvalue weighted by Crippen LogP contribution is 2.20. The second-order valence-electron chi connectivity index (χ2n) is 3.90. The third-order valence-electron chi connectivity index (χ3n) is 2.95. The molecule has 1 saturated heterocycles. The normalized spacial score (nSPS) is 28.0. The van der Waals surface area contributed by atoms with E-state index in [2.05, 4.69) is 56.3 Å². The molecule has 2 rings (SSSR count). The Morgan fingerprint density at radius 1 is 1.47 bits per heavy atom. The van der Waals surface area contributed by atoms with Crippen LogP contribution in [0.1, 0.15) is 6.92 Å². The Labute approximate surface area is 99.9 Å². The van der Waals surface area contributed by atoms with Crippen LogP contribution in [0.5, 0.6) is 0 Å². The Kier molecular flexibility index (Phi) is 3.83. The first-order chi connectivity index (χ1) is 7.31. The maximum atomic E-state index is 3.52. The minimum absolute atomic E-state index is 0.443. The zero-order valence-electron chi connectivity index (χ0n) is 9.12. The first-order valence-electron chi connectivity index (χ1n) is 5.57. The van der Waals surface area contributed by atoms with Crippen molar-refractivity contribution in [3.63, 3.8) is 0 Å². The molecule has 0 aliphatic carbocycles. The summed E-state index contributed by atoms with van der Waals surface area (Å²) in [6, 6.07) is 0. The van der Waals surface area contributed by atoms with Gasteiger partial charge in [0, 0.05) is 43.4 Å². The fourth-order valence-electron chi connectivity index (χ4n) is 2.12. The van der Waals surface area contributed by atoms with E-state index in [0.717, 1.165) is 37.2 Å². The number of hydrogen-bond acceptors (Lipinski definition) is 3. The second kappa shape index (κ2) is 5.14. The van der Waals surface area contributed by atoms with Gasteiger partial charge in [-0.3, -0.25) is 4.90 Å². The number of nitrogens with one attached hydrogen (secondary N) is 1. The lowest BCUT2D eigenvalue weighted by Crippen LogP contribution is -2.53. The summed E-state index contributed by atoms with van der Waals surface area (Å²) in [5.74, 6) is 0. The maximum absolute atomic E-state index is 3.52. The molecular weight excluding hydrogens is 254 g/mol. The summed E-state index contributed by atoms with van der Waals surface area (Å²) in [7, 11) is 0. The summed E-state index contributed by atoms with van der Waals surface area (Å²) in [6.45, 7) is 7.73. The molecule has 15 heavy (non-hydrogen) atoms. The maximum Gasteiger partial charge on any atom is 0.101 e. The molecule has 2 heterocycles. The van der Waals surface area contributed by atoms with Gasteiger partial charge in [-0.05, 0) is 35.0 Å². The van der Waals surface area contributed by atoms with Crippen molar-refractivity contribution < 1.29 is 0 Å². The smallest absolute Gasteiger partial charge is 0.101 e. The largest absolute Gasteiger partial charge is 0.358 e. The van der Waals surface area contributed by atoms with Crippen molar-refractivity contribution >= 4 is 15.9 Å². The predicted octanol–water partition coefficient (Wildman–Crippen LogP) is 1.35. The van der Waals surface area contributed by atoms with Crippen LogP contribution in [0.3, 0.4) is 0 Å². The van der Waals surface area contributed by atoms with Crippen molar-refractivity contribution in [1.82, 2.24) is 15.1 Å². The lowest BCUT2D eigenvalue weighted by Gasteiger charge is -2.40. The quantitative estimate of drug-likeness (QED) is 0.818. The van der Waals surface area contributed by atoms with E-state index in [9.17, 15) is 0 Å². The zero-order chi connectivity index (χ0) is 10.7. The molecule has 1 atom stereocenters. The fourth-order valence-corrected chi connectivity index (χ4v) is 2.54. The molecule has 2 aliphatic heterocycles. The van der Waals surface area contributed by atoms with Gasteiger partial charge in [0.05, 0.1) is 0 Å².